The highest BCUT2D eigenvalue weighted by Gasteiger charge is 2.27. The monoisotopic (exact) mass is 583 g/mol. The van der Waals surface area contributed by atoms with E-state index in [-0.39, 0.29) is 6.42 Å². The van der Waals surface area contributed by atoms with Crippen molar-refractivity contribution in [2.75, 3.05) is 7.11 Å². The summed E-state index contributed by atoms with van der Waals surface area (Å²) < 4.78 is 16.6. The summed E-state index contributed by atoms with van der Waals surface area (Å²) in [6.45, 7) is 5.49. The van der Waals surface area contributed by atoms with Crippen LogP contribution in [-0.4, -0.2) is 42.9 Å². The molecule has 9 nitrogen and oxygen atoms in total. The van der Waals surface area contributed by atoms with Crippen LogP contribution in [0.5, 0.6) is 5.75 Å². The molecule has 2 atom stereocenters. The first kappa shape index (κ1) is 27.4. The summed E-state index contributed by atoms with van der Waals surface area (Å²) in [6.07, 6.45) is -2.09. The van der Waals surface area contributed by atoms with Crippen molar-refractivity contribution in [2.24, 2.45) is 5.73 Å². The van der Waals surface area contributed by atoms with E-state index in [0.29, 0.717) is 12.4 Å². The summed E-state index contributed by atoms with van der Waals surface area (Å²) >= 11 is 2.15. The lowest BCUT2D eigenvalue weighted by molar-refractivity contribution is -0.145. The molecular formula is C24H30IN3O6. The van der Waals surface area contributed by atoms with E-state index in [9.17, 15) is 14.4 Å². The second-order valence-corrected chi connectivity index (χ2v) is 9.61. The summed E-state index contributed by atoms with van der Waals surface area (Å²) in [5, 5.41) is 4.76. The number of hydrogen-bond donors (Lipinski definition) is 3. The first-order valence-corrected chi connectivity index (χ1v) is 11.6. The van der Waals surface area contributed by atoms with Gasteiger partial charge in [-0.05, 0) is 66.6 Å². The second kappa shape index (κ2) is 12.6. The number of ether oxygens (including phenoxy) is 3. The maximum absolute atomic E-state index is 12.5. The van der Waals surface area contributed by atoms with Crippen molar-refractivity contribution < 1.29 is 28.6 Å². The predicted molar refractivity (Wildman–Crippen MR) is 135 cm³/mol. The molecule has 0 aliphatic rings. The quantitative estimate of drug-likeness (QED) is 0.235. The highest BCUT2D eigenvalue weighted by Crippen LogP contribution is 2.24. The van der Waals surface area contributed by atoms with Crippen LogP contribution in [0.2, 0.25) is 0 Å². The van der Waals surface area contributed by atoms with Gasteiger partial charge in [-0.2, -0.15) is 0 Å². The van der Waals surface area contributed by atoms with Crippen LogP contribution in [-0.2, 0) is 32.1 Å². The number of nitrogens with two attached hydrogens (primary N) is 1. The van der Waals surface area contributed by atoms with Gasteiger partial charge in [0.05, 0.1) is 10.7 Å². The lowest BCUT2D eigenvalue weighted by Gasteiger charge is -2.23. The van der Waals surface area contributed by atoms with Crippen LogP contribution in [0.25, 0.3) is 0 Å². The van der Waals surface area contributed by atoms with Crippen molar-refractivity contribution >= 4 is 40.6 Å². The van der Waals surface area contributed by atoms with Crippen molar-refractivity contribution in [1.29, 1.82) is 0 Å². The number of esters is 1. The molecule has 2 aromatic carbocycles. The number of nitrogens with one attached hydrogen (secondary N) is 2. The second-order valence-electron chi connectivity index (χ2n) is 8.45. The summed E-state index contributed by atoms with van der Waals surface area (Å²) in [5.74, 6) is -0.688. The van der Waals surface area contributed by atoms with Crippen molar-refractivity contribution in [1.82, 2.24) is 10.6 Å². The van der Waals surface area contributed by atoms with E-state index in [1.54, 1.807) is 20.8 Å². The van der Waals surface area contributed by atoms with Crippen LogP contribution < -0.4 is 21.1 Å². The average molecular weight is 583 g/mol. The van der Waals surface area contributed by atoms with E-state index in [1.807, 2.05) is 48.5 Å². The number of amides is 2. The van der Waals surface area contributed by atoms with E-state index >= 15 is 0 Å². The summed E-state index contributed by atoms with van der Waals surface area (Å²) in [4.78, 5) is 36.6. The van der Waals surface area contributed by atoms with E-state index in [0.717, 1.165) is 14.7 Å². The fraction of sp³-hybridized carbons (Fsp3) is 0.375. The van der Waals surface area contributed by atoms with E-state index in [4.69, 9.17) is 19.9 Å². The first-order valence-electron chi connectivity index (χ1n) is 10.6. The predicted octanol–water partition coefficient (Wildman–Crippen LogP) is 2.88. The number of carbonyl (C=O) groups excluding carboxylic acids is 3. The Morgan fingerprint density at radius 3 is 2.29 bits per heavy atom. The summed E-state index contributed by atoms with van der Waals surface area (Å²) in [7, 11) is 1.23. The molecule has 184 valence electrons. The van der Waals surface area contributed by atoms with Gasteiger partial charge in [-0.25, -0.2) is 9.59 Å². The highest BCUT2D eigenvalue weighted by atomic mass is 127. The Balaban J connectivity index is 2.01. The lowest BCUT2D eigenvalue weighted by atomic mass is 10.1. The minimum absolute atomic E-state index is 0.159. The van der Waals surface area contributed by atoms with Gasteiger partial charge in [-0.15, -0.1) is 0 Å². The molecule has 0 saturated carbocycles. The zero-order valence-corrected chi connectivity index (χ0v) is 21.8. The molecule has 10 heteroatoms. The van der Waals surface area contributed by atoms with Crippen LogP contribution in [0.3, 0.4) is 0 Å². The van der Waals surface area contributed by atoms with Crippen molar-refractivity contribution in [3.8, 4) is 5.75 Å². The van der Waals surface area contributed by atoms with Gasteiger partial charge in [0.15, 0.2) is 6.17 Å². The molecule has 0 aromatic heterocycles. The Morgan fingerprint density at radius 1 is 1.03 bits per heavy atom. The van der Waals surface area contributed by atoms with Crippen LogP contribution in [0.15, 0.2) is 48.5 Å². The average Bonchev–Trinajstić information content (AvgIpc) is 2.76. The van der Waals surface area contributed by atoms with Crippen LogP contribution in [0, 0.1) is 3.57 Å². The van der Waals surface area contributed by atoms with Gasteiger partial charge in [-0.3, -0.25) is 10.1 Å². The SMILES string of the molecule is COC(=O)[C@H](Cc1ccc(OCc2ccccc2)c(I)c1)NC(=O)[C@H](N)NC(=O)OC(C)(C)C. The smallest absolute Gasteiger partial charge is 0.409 e. The molecule has 0 bridgehead atoms. The number of rotatable bonds is 9. The molecule has 0 fully saturated rings. The van der Waals surface area contributed by atoms with Gasteiger partial charge in [0, 0.05) is 6.42 Å². The first-order chi connectivity index (χ1) is 16.0. The molecule has 2 amide bonds. The van der Waals surface area contributed by atoms with Gasteiger partial charge >= 0.3 is 12.1 Å². The Morgan fingerprint density at radius 2 is 1.71 bits per heavy atom. The van der Waals surface area contributed by atoms with Gasteiger partial charge < -0.3 is 25.3 Å². The van der Waals surface area contributed by atoms with Crippen LogP contribution in [0.1, 0.15) is 31.9 Å². The Hall–Kier alpha value is -2.86. The molecule has 0 saturated heterocycles. The molecule has 0 heterocycles. The Bertz CT molecular complexity index is 994. The number of benzene rings is 2. The molecule has 2 rings (SSSR count). The molecule has 0 aliphatic heterocycles. The number of alkyl carbamates (subject to hydrolysis) is 1. The van der Waals surface area contributed by atoms with E-state index in [2.05, 4.69) is 33.2 Å². The molecule has 0 spiro atoms. The van der Waals surface area contributed by atoms with Crippen LogP contribution in [0.4, 0.5) is 4.79 Å². The third-order valence-electron chi connectivity index (χ3n) is 4.43. The van der Waals surface area contributed by atoms with Crippen LogP contribution >= 0.6 is 22.6 Å². The number of carbonyl (C=O) groups is 3. The summed E-state index contributed by atoms with van der Waals surface area (Å²) in [5.41, 5.74) is 6.83. The molecule has 4 N–H and O–H groups in total. The largest absolute Gasteiger partial charge is 0.488 e. The lowest BCUT2D eigenvalue weighted by Crippen LogP contribution is -2.56. The topological polar surface area (TPSA) is 129 Å². The van der Waals surface area contributed by atoms with Crippen molar-refractivity contribution in [3.63, 3.8) is 0 Å². The van der Waals surface area contributed by atoms with E-state index in [1.165, 1.54) is 7.11 Å². The molecule has 0 unspecified atom stereocenters. The zero-order valence-electron chi connectivity index (χ0n) is 19.6. The molecular weight excluding hydrogens is 553 g/mol. The Labute approximate surface area is 212 Å². The minimum atomic E-state index is -1.41. The molecule has 34 heavy (non-hydrogen) atoms. The number of halogens is 1. The fourth-order valence-electron chi connectivity index (χ4n) is 2.86. The maximum atomic E-state index is 12.5. The maximum Gasteiger partial charge on any atom is 0.409 e. The third kappa shape index (κ3) is 9.18. The Kier molecular flexibility index (Phi) is 10.1. The zero-order chi connectivity index (χ0) is 25.3. The van der Waals surface area contributed by atoms with Gasteiger partial charge in [0.2, 0.25) is 0 Å². The minimum Gasteiger partial charge on any atom is -0.488 e. The summed E-state index contributed by atoms with van der Waals surface area (Å²) in [6, 6.07) is 14.3. The molecule has 0 aliphatic carbocycles. The van der Waals surface area contributed by atoms with Crippen molar-refractivity contribution in [3.05, 3.63) is 63.2 Å². The molecule has 0 radical (unpaired) electrons. The standard InChI is InChI=1S/C24H30IN3O6/c1-24(2,3)34-23(31)28-20(26)21(29)27-18(22(30)32-4)13-16-10-11-19(17(25)12-16)33-14-15-8-6-5-7-9-15/h5-12,18,20H,13-14,26H2,1-4H3,(H,27,29)(H,28,31)/t18-,20+/m0/s1. The van der Waals surface area contributed by atoms with Gasteiger partial charge in [0.25, 0.3) is 5.91 Å². The normalized spacial score (nSPS) is 12.8. The number of methoxy groups -OCH3 is 1. The van der Waals surface area contributed by atoms with Gasteiger partial charge in [-0.1, -0.05) is 36.4 Å². The third-order valence-corrected chi connectivity index (χ3v) is 5.27. The van der Waals surface area contributed by atoms with Crippen molar-refractivity contribution in [2.45, 2.75) is 51.6 Å². The van der Waals surface area contributed by atoms with Gasteiger partial charge in [0.1, 0.15) is 24.0 Å². The molecule has 2 aromatic rings. The van der Waals surface area contributed by atoms with E-state index < -0.39 is 35.8 Å². The highest BCUT2D eigenvalue weighted by molar-refractivity contribution is 14.1. The fourth-order valence-corrected chi connectivity index (χ4v) is 3.59. The number of hydrogen-bond acceptors (Lipinski definition) is 7.